The Morgan fingerprint density at radius 3 is 2.69 bits per heavy atom. The van der Waals surface area contributed by atoms with Gasteiger partial charge in [0.25, 0.3) is 0 Å². The van der Waals surface area contributed by atoms with E-state index in [4.69, 9.17) is 5.73 Å². The van der Waals surface area contributed by atoms with Crippen LogP contribution >= 0.6 is 0 Å². The highest BCUT2D eigenvalue weighted by molar-refractivity contribution is 6.10. The van der Waals surface area contributed by atoms with Crippen molar-refractivity contribution in [3.05, 3.63) is 59.4 Å². The zero-order valence-corrected chi connectivity index (χ0v) is 8.97. The molecule has 1 aromatic heterocycles. The predicted molar refractivity (Wildman–Crippen MR) is 63.3 cm³/mol. The largest absolute Gasteiger partial charge is 0.398 e. The summed E-state index contributed by atoms with van der Waals surface area (Å²) in [7, 11) is 0. The van der Waals surface area contributed by atoms with Crippen LogP contribution in [-0.4, -0.2) is 10.8 Å². The molecule has 0 aliphatic heterocycles. The number of ketones is 1. The molecular weight excluding hydrogens is 200 g/mol. The van der Waals surface area contributed by atoms with Crippen molar-refractivity contribution in [2.75, 3.05) is 5.73 Å². The molecule has 0 amide bonds. The third-order valence-corrected chi connectivity index (χ3v) is 2.35. The lowest BCUT2D eigenvalue weighted by Crippen LogP contribution is -2.07. The van der Waals surface area contributed by atoms with Crippen molar-refractivity contribution in [1.29, 1.82) is 0 Å². The van der Waals surface area contributed by atoms with Gasteiger partial charge in [0, 0.05) is 17.4 Å². The van der Waals surface area contributed by atoms with Gasteiger partial charge >= 0.3 is 0 Å². The highest BCUT2D eigenvalue weighted by Crippen LogP contribution is 2.16. The molecule has 0 saturated heterocycles. The summed E-state index contributed by atoms with van der Waals surface area (Å²) in [6.45, 7) is 1.94. The third kappa shape index (κ3) is 1.93. The molecule has 2 N–H and O–H groups in total. The van der Waals surface area contributed by atoms with Crippen LogP contribution in [0.4, 0.5) is 5.69 Å². The lowest BCUT2D eigenvalue weighted by molar-refractivity contribution is 0.103. The number of rotatable bonds is 2. The second-order valence-corrected chi connectivity index (χ2v) is 3.63. The molecule has 0 bridgehead atoms. The number of nitrogens with two attached hydrogens (primary N) is 1. The molecule has 0 saturated carbocycles. The van der Waals surface area contributed by atoms with Crippen molar-refractivity contribution in [2.45, 2.75) is 6.92 Å². The minimum absolute atomic E-state index is 0.141. The molecule has 3 nitrogen and oxygen atoms in total. The van der Waals surface area contributed by atoms with Crippen molar-refractivity contribution in [3.63, 3.8) is 0 Å². The van der Waals surface area contributed by atoms with Crippen LogP contribution in [0.2, 0.25) is 0 Å². The van der Waals surface area contributed by atoms with E-state index in [0.29, 0.717) is 16.9 Å². The highest BCUT2D eigenvalue weighted by atomic mass is 16.1. The van der Waals surface area contributed by atoms with Crippen LogP contribution in [0.5, 0.6) is 0 Å². The number of carbonyl (C=O) groups is 1. The van der Waals surface area contributed by atoms with Gasteiger partial charge in [0.1, 0.15) is 5.69 Å². The monoisotopic (exact) mass is 212 g/mol. The average Bonchev–Trinajstić information content (AvgIpc) is 2.29. The Morgan fingerprint density at radius 2 is 2.06 bits per heavy atom. The number of benzene rings is 1. The molecular formula is C13H12N2O. The van der Waals surface area contributed by atoms with Crippen LogP contribution in [0.15, 0.2) is 42.6 Å². The van der Waals surface area contributed by atoms with E-state index < -0.39 is 0 Å². The van der Waals surface area contributed by atoms with E-state index in [1.165, 1.54) is 0 Å². The molecule has 0 aliphatic carbocycles. The average molecular weight is 212 g/mol. The SMILES string of the molecule is Cc1ccc(C(=O)c2ccccn2)c(N)c1. The van der Waals surface area contributed by atoms with Gasteiger partial charge in [0.05, 0.1) is 0 Å². The maximum Gasteiger partial charge on any atom is 0.213 e. The Labute approximate surface area is 93.9 Å². The van der Waals surface area contributed by atoms with Crippen molar-refractivity contribution in [3.8, 4) is 0 Å². The van der Waals surface area contributed by atoms with Crippen molar-refractivity contribution >= 4 is 11.5 Å². The topological polar surface area (TPSA) is 56.0 Å². The first kappa shape index (κ1) is 10.4. The summed E-state index contributed by atoms with van der Waals surface area (Å²) in [4.78, 5) is 16.0. The van der Waals surface area contributed by atoms with Crippen LogP contribution in [0.1, 0.15) is 21.6 Å². The number of carbonyl (C=O) groups excluding carboxylic acids is 1. The highest BCUT2D eigenvalue weighted by Gasteiger charge is 2.12. The Kier molecular flexibility index (Phi) is 2.68. The van der Waals surface area contributed by atoms with E-state index in [1.807, 2.05) is 13.0 Å². The lowest BCUT2D eigenvalue weighted by atomic mass is 10.0. The van der Waals surface area contributed by atoms with Gasteiger partial charge in [-0.15, -0.1) is 0 Å². The van der Waals surface area contributed by atoms with Crippen molar-refractivity contribution < 1.29 is 4.79 Å². The molecule has 2 aromatic rings. The van der Waals surface area contributed by atoms with Gasteiger partial charge in [-0.05, 0) is 36.8 Å². The summed E-state index contributed by atoms with van der Waals surface area (Å²) in [6.07, 6.45) is 1.59. The lowest BCUT2D eigenvalue weighted by Gasteiger charge is -2.04. The van der Waals surface area contributed by atoms with E-state index in [2.05, 4.69) is 4.98 Å². The maximum atomic E-state index is 12.0. The summed E-state index contributed by atoms with van der Waals surface area (Å²) in [5.41, 5.74) is 8.26. The summed E-state index contributed by atoms with van der Waals surface area (Å²) >= 11 is 0. The normalized spacial score (nSPS) is 10.1. The Balaban J connectivity index is 2.42. The molecule has 1 aromatic carbocycles. The molecule has 0 unspecified atom stereocenters. The second kappa shape index (κ2) is 4.14. The zero-order valence-electron chi connectivity index (χ0n) is 8.97. The molecule has 16 heavy (non-hydrogen) atoms. The molecule has 1 heterocycles. The molecule has 80 valence electrons. The fraction of sp³-hybridized carbons (Fsp3) is 0.0769. The fourth-order valence-corrected chi connectivity index (χ4v) is 1.52. The number of nitrogens with zero attached hydrogens (tertiary/aromatic N) is 1. The standard InChI is InChI=1S/C13H12N2O/c1-9-5-6-10(11(14)8-9)13(16)12-4-2-3-7-15-12/h2-8H,14H2,1H3. The molecule has 3 heteroatoms. The Morgan fingerprint density at radius 1 is 1.25 bits per heavy atom. The first-order valence-corrected chi connectivity index (χ1v) is 5.00. The molecule has 2 rings (SSSR count). The molecule has 0 spiro atoms. The minimum atomic E-state index is -0.141. The quantitative estimate of drug-likeness (QED) is 0.613. The zero-order chi connectivity index (χ0) is 11.5. The summed E-state index contributed by atoms with van der Waals surface area (Å²) in [6, 6.07) is 10.6. The molecule has 0 fully saturated rings. The summed E-state index contributed by atoms with van der Waals surface area (Å²) in [5, 5.41) is 0. The van der Waals surface area contributed by atoms with Gasteiger partial charge in [0.15, 0.2) is 0 Å². The van der Waals surface area contributed by atoms with Gasteiger partial charge in [0.2, 0.25) is 5.78 Å². The number of aryl methyl sites for hydroxylation is 1. The van der Waals surface area contributed by atoms with E-state index in [9.17, 15) is 4.79 Å². The van der Waals surface area contributed by atoms with Gasteiger partial charge in [-0.3, -0.25) is 9.78 Å². The van der Waals surface area contributed by atoms with Gasteiger partial charge < -0.3 is 5.73 Å². The smallest absolute Gasteiger partial charge is 0.213 e. The van der Waals surface area contributed by atoms with Crippen LogP contribution in [0.3, 0.4) is 0 Å². The minimum Gasteiger partial charge on any atom is -0.398 e. The Bertz CT molecular complexity index is 521. The van der Waals surface area contributed by atoms with E-state index in [0.717, 1.165) is 5.56 Å². The first-order chi connectivity index (χ1) is 7.68. The van der Waals surface area contributed by atoms with Gasteiger partial charge in [-0.2, -0.15) is 0 Å². The molecule has 0 radical (unpaired) electrons. The van der Waals surface area contributed by atoms with Crippen molar-refractivity contribution in [1.82, 2.24) is 4.98 Å². The number of hydrogen-bond donors (Lipinski definition) is 1. The van der Waals surface area contributed by atoms with Gasteiger partial charge in [-0.1, -0.05) is 12.1 Å². The predicted octanol–water partition coefficient (Wildman–Crippen LogP) is 2.20. The van der Waals surface area contributed by atoms with Gasteiger partial charge in [-0.25, -0.2) is 0 Å². The van der Waals surface area contributed by atoms with Crippen LogP contribution < -0.4 is 5.73 Å². The van der Waals surface area contributed by atoms with Crippen LogP contribution in [0, 0.1) is 6.92 Å². The number of anilines is 1. The number of pyridine rings is 1. The Hall–Kier alpha value is -2.16. The number of hydrogen-bond acceptors (Lipinski definition) is 3. The molecule has 0 atom stereocenters. The third-order valence-electron chi connectivity index (χ3n) is 2.35. The summed E-state index contributed by atoms with van der Waals surface area (Å²) in [5.74, 6) is -0.141. The van der Waals surface area contributed by atoms with Crippen molar-refractivity contribution in [2.24, 2.45) is 0 Å². The van der Waals surface area contributed by atoms with E-state index >= 15 is 0 Å². The number of aromatic nitrogens is 1. The van der Waals surface area contributed by atoms with Crippen LogP contribution in [-0.2, 0) is 0 Å². The number of nitrogen functional groups attached to an aromatic ring is 1. The maximum absolute atomic E-state index is 12.0. The van der Waals surface area contributed by atoms with E-state index in [1.54, 1.807) is 36.5 Å². The molecule has 0 aliphatic rings. The summed E-state index contributed by atoms with van der Waals surface area (Å²) < 4.78 is 0. The van der Waals surface area contributed by atoms with Crippen LogP contribution in [0.25, 0.3) is 0 Å². The van der Waals surface area contributed by atoms with E-state index in [-0.39, 0.29) is 5.78 Å². The second-order valence-electron chi connectivity index (χ2n) is 3.63. The fourth-order valence-electron chi connectivity index (χ4n) is 1.52. The first-order valence-electron chi connectivity index (χ1n) is 5.00.